The first kappa shape index (κ1) is 21.7. The van der Waals surface area contributed by atoms with E-state index in [1.807, 2.05) is 12.1 Å². The second kappa shape index (κ2) is 10.7. The molecule has 2 N–H and O–H groups in total. The molecule has 3 rings (SSSR count). The van der Waals surface area contributed by atoms with Crippen molar-refractivity contribution in [3.05, 3.63) is 47.3 Å². The molecule has 7 nitrogen and oxygen atoms in total. The Morgan fingerprint density at radius 1 is 1.23 bits per heavy atom. The number of carboxylic acid groups (broad SMARTS) is 1. The summed E-state index contributed by atoms with van der Waals surface area (Å²) < 4.78 is 5.06. The fraction of sp³-hybridized carbons (Fsp3) is 0.478. The van der Waals surface area contributed by atoms with E-state index in [9.17, 15) is 14.7 Å². The number of fused-ring (bicyclic) bond motifs is 1. The number of aromatic nitrogens is 2. The van der Waals surface area contributed by atoms with Crippen LogP contribution < -0.4 is 10.1 Å². The van der Waals surface area contributed by atoms with Crippen LogP contribution in [0.4, 0.5) is 5.82 Å². The maximum absolute atomic E-state index is 12.3. The molecule has 7 heteroatoms. The topological polar surface area (TPSA) is 101 Å². The molecule has 0 saturated carbocycles. The summed E-state index contributed by atoms with van der Waals surface area (Å²) in [6.07, 6.45) is 6.68. The lowest BCUT2D eigenvalue weighted by Crippen LogP contribution is -2.14. The summed E-state index contributed by atoms with van der Waals surface area (Å²) in [6.45, 7) is 0.948. The van der Waals surface area contributed by atoms with Crippen LogP contribution in [0, 0.1) is 0 Å². The van der Waals surface area contributed by atoms with Gasteiger partial charge in [-0.3, -0.25) is 9.59 Å². The van der Waals surface area contributed by atoms with Gasteiger partial charge in [-0.05, 0) is 55.2 Å². The van der Waals surface area contributed by atoms with E-state index in [1.165, 1.54) is 5.56 Å². The number of carbonyl (C=O) groups is 2. The minimum absolute atomic E-state index is 0.0221. The molecule has 2 aromatic heterocycles. The van der Waals surface area contributed by atoms with Crippen molar-refractivity contribution in [3.63, 3.8) is 0 Å². The molecule has 0 amide bonds. The predicted octanol–water partition coefficient (Wildman–Crippen LogP) is 3.77. The third kappa shape index (κ3) is 6.27. The van der Waals surface area contributed by atoms with Crippen molar-refractivity contribution in [1.82, 2.24) is 9.97 Å². The van der Waals surface area contributed by atoms with Gasteiger partial charge in [0, 0.05) is 37.3 Å². The number of carboxylic acids is 1. The normalized spacial score (nSPS) is 13.8. The van der Waals surface area contributed by atoms with E-state index in [4.69, 9.17) is 4.74 Å². The van der Waals surface area contributed by atoms with E-state index in [1.54, 1.807) is 19.4 Å². The van der Waals surface area contributed by atoms with Crippen molar-refractivity contribution < 1.29 is 19.4 Å². The number of aliphatic carboxylic acids is 1. The summed E-state index contributed by atoms with van der Waals surface area (Å²) in [5.41, 5.74) is 3.04. The molecule has 160 valence electrons. The van der Waals surface area contributed by atoms with Crippen LogP contribution in [0.5, 0.6) is 5.88 Å². The van der Waals surface area contributed by atoms with E-state index >= 15 is 0 Å². The first-order chi connectivity index (χ1) is 14.5. The number of ether oxygens (including phenoxy) is 1. The molecule has 2 aromatic rings. The summed E-state index contributed by atoms with van der Waals surface area (Å²) in [7, 11) is 1.54. The number of methoxy groups -OCH3 is 1. The van der Waals surface area contributed by atoms with E-state index in [0.717, 1.165) is 36.5 Å². The number of ketones is 1. The zero-order valence-electron chi connectivity index (χ0n) is 17.4. The summed E-state index contributed by atoms with van der Waals surface area (Å²) >= 11 is 0. The van der Waals surface area contributed by atoms with Gasteiger partial charge < -0.3 is 15.2 Å². The van der Waals surface area contributed by atoms with Crippen LogP contribution in [0.2, 0.25) is 0 Å². The number of hydrogen-bond donors (Lipinski definition) is 2. The maximum Gasteiger partial charge on any atom is 0.303 e. The highest BCUT2D eigenvalue weighted by Crippen LogP contribution is 2.27. The molecule has 0 bridgehead atoms. The average molecular weight is 412 g/mol. The Labute approximate surface area is 176 Å². The monoisotopic (exact) mass is 411 g/mol. The Morgan fingerprint density at radius 2 is 2.10 bits per heavy atom. The first-order valence-corrected chi connectivity index (χ1v) is 10.5. The van der Waals surface area contributed by atoms with Gasteiger partial charge in [-0.2, -0.15) is 0 Å². The molecule has 0 fully saturated rings. The molecule has 1 unspecified atom stereocenters. The van der Waals surface area contributed by atoms with Crippen molar-refractivity contribution in [2.45, 2.75) is 57.3 Å². The Balaban J connectivity index is 1.47. The molecule has 3 heterocycles. The molecule has 0 saturated heterocycles. The number of hydrogen-bond acceptors (Lipinski definition) is 6. The van der Waals surface area contributed by atoms with E-state index in [2.05, 4.69) is 21.4 Å². The lowest BCUT2D eigenvalue weighted by atomic mass is 9.91. The van der Waals surface area contributed by atoms with Gasteiger partial charge in [0.05, 0.1) is 13.5 Å². The minimum Gasteiger partial charge on any atom is -0.481 e. The standard InChI is InChI=1S/C23H29N3O4/c1-30-21-12-8-18(15-25-21)17(14-22(28)29)4-2-6-20(27)11-10-19-9-7-16-5-3-13-24-23(16)26-19/h7-9,12,15,17H,2-6,10-11,13-14H2,1H3,(H,24,26)(H,28,29). The summed E-state index contributed by atoms with van der Waals surface area (Å²) in [6, 6.07) is 7.69. The van der Waals surface area contributed by atoms with E-state index in [0.29, 0.717) is 38.0 Å². The molecule has 0 radical (unpaired) electrons. The number of carbonyl (C=O) groups excluding carboxylic acids is 1. The molecule has 0 aromatic carbocycles. The van der Waals surface area contributed by atoms with Gasteiger partial charge in [-0.15, -0.1) is 0 Å². The SMILES string of the molecule is COc1ccc(C(CCCC(=O)CCc2ccc3c(n2)NCCC3)CC(=O)O)cn1. The Hall–Kier alpha value is -2.96. The smallest absolute Gasteiger partial charge is 0.303 e. The fourth-order valence-electron chi connectivity index (χ4n) is 3.80. The quantitative estimate of drug-likeness (QED) is 0.580. The number of aryl methyl sites for hydroxylation is 2. The van der Waals surface area contributed by atoms with Gasteiger partial charge in [-0.25, -0.2) is 9.97 Å². The Bertz CT molecular complexity index is 867. The highest BCUT2D eigenvalue weighted by Gasteiger charge is 2.17. The second-order valence-corrected chi connectivity index (χ2v) is 7.70. The van der Waals surface area contributed by atoms with Crippen LogP contribution in [0.3, 0.4) is 0 Å². The van der Waals surface area contributed by atoms with Gasteiger partial charge >= 0.3 is 5.97 Å². The van der Waals surface area contributed by atoms with Crippen molar-refractivity contribution in [2.24, 2.45) is 0 Å². The number of Topliss-reactive ketones (excluding diaryl/α,β-unsaturated/α-hetero) is 1. The number of pyridine rings is 2. The highest BCUT2D eigenvalue weighted by molar-refractivity contribution is 5.78. The molecule has 1 aliphatic rings. The lowest BCUT2D eigenvalue weighted by Gasteiger charge is -2.17. The first-order valence-electron chi connectivity index (χ1n) is 10.5. The third-order valence-corrected chi connectivity index (χ3v) is 5.48. The number of anilines is 1. The highest BCUT2D eigenvalue weighted by atomic mass is 16.5. The largest absolute Gasteiger partial charge is 0.481 e. The zero-order valence-corrected chi connectivity index (χ0v) is 17.4. The fourth-order valence-corrected chi connectivity index (χ4v) is 3.80. The Kier molecular flexibility index (Phi) is 7.76. The molecule has 0 aliphatic carbocycles. The maximum atomic E-state index is 12.3. The van der Waals surface area contributed by atoms with Gasteiger partial charge in [0.25, 0.3) is 0 Å². The van der Waals surface area contributed by atoms with Gasteiger partial charge in [0.1, 0.15) is 11.6 Å². The molecule has 30 heavy (non-hydrogen) atoms. The summed E-state index contributed by atoms with van der Waals surface area (Å²) in [4.78, 5) is 32.4. The van der Waals surface area contributed by atoms with Gasteiger partial charge in [-0.1, -0.05) is 12.1 Å². The van der Waals surface area contributed by atoms with E-state index < -0.39 is 5.97 Å². The lowest BCUT2D eigenvalue weighted by molar-refractivity contribution is -0.137. The zero-order chi connectivity index (χ0) is 21.3. The number of nitrogens with one attached hydrogen (secondary N) is 1. The van der Waals surface area contributed by atoms with Gasteiger partial charge in [0.2, 0.25) is 5.88 Å². The molecular formula is C23H29N3O4. The van der Waals surface area contributed by atoms with Gasteiger partial charge in [0.15, 0.2) is 0 Å². The second-order valence-electron chi connectivity index (χ2n) is 7.70. The predicted molar refractivity (Wildman–Crippen MR) is 114 cm³/mol. The van der Waals surface area contributed by atoms with Crippen molar-refractivity contribution in [2.75, 3.05) is 19.0 Å². The molecular weight excluding hydrogens is 382 g/mol. The van der Waals surface area contributed by atoms with Crippen LogP contribution in [0.25, 0.3) is 0 Å². The van der Waals surface area contributed by atoms with Crippen LogP contribution in [-0.2, 0) is 22.4 Å². The van der Waals surface area contributed by atoms with E-state index in [-0.39, 0.29) is 18.1 Å². The number of rotatable bonds is 11. The van der Waals surface area contributed by atoms with Crippen LogP contribution in [-0.4, -0.2) is 40.5 Å². The summed E-state index contributed by atoms with van der Waals surface area (Å²) in [5.74, 6) is 0.616. The molecule has 1 aliphatic heterocycles. The molecule has 1 atom stereocenters. The van der Waals surface area contributed by atoms with Crippen LogP contribution >= 0.6 is 0 Å². The number of nitrogens with zero attached hydrogens (tertiary/aromatic N) is 2. The van der Waals surface area contributed by atoms with Crippen molar-refractivity contribution >= 4 is 17.6 Å². The van der Waals surface area contributed by atoms with Crippen molar-refractivity contribution in [1.29, 1.82) is 0 Å². The molecule has 0 spiro atoms. The third-order valence-electron chi connectivity index (χ3n) is 5.48. The summed E-state index contributed by atoms with van der Waals surface area (Å²) in [5, 5.41) is 12.5. The van der Waals surface area contributed by atoms with Crippen LogP contribution in [0.15, 0.2) is 30.5 Å². The average Bonchev–Trinajstić information content (AvgIpc) is 2.76. The minimum atomic E-state index is -0.853. The Morgan fingerprint density at radius 3 is 2.83 bits per heavy atom. The van der Waals surface area contributed by atoms with Crippen LogP contribution in [0.1, 0.15) is 61.3 Å². The van der Waals surface area contributed by atoms with Crippen molar-refractivity contribution in [3.8, 4) is 5.88 Å².